The fourth-order valence-electron chi connectivity index (χ4n) is 2.88. The number of aromatic nitrogens is 2. The lowest BCUT2D eigenvalue weighted by atomic mass is 10.0. The lowest BCUT2D eigenvalue weighted by molar-refractivity contribution is 0.175. The molecule has 112 valence electrons. The molecule has 3 rings (SSSR count). The third-order valence-corrected chi connectivity index (χ3v) is 4.32. The van der Waals surface area contributed by atoms with Crippen molar-refractivity contribution in [2.45, 2.75) is 58.1 Å². The van der Waals surface area contributed by atoms with Crippen LogP contribution in [0.15, 0.2) is 30.3 Å². The summed E-state index contributed by atoms with van der Waals surface area (Å²) >= 11 is 0. The molecule has 1 aliphatic carbocycles. The van der Waals surface area contributed by atoms with Crippen LogP contribution in [-0.4, -0.2) is 14.9 Å². The lowest BCUT2D eigenvalue weighted by Gasteiger charge is -2.13. The van der Waals surface area contributed by atoms with Crippen LogP contribution in [0.2, 0.25) is 0 Å². The molecule has 0 radical (unpaired) electrons. The van der Waals surface area contributed by atoms with Gasteiger partial charge in [-0.15, -0.1) is 0 Å². The van der Waals surface area contributed by atoms with Crippen molar-refractivity contribution in [3.63, 3.8) is 0 Å². The van der Waals surface area contributed by atoms with Gasteiger partial charge < -0.3 is 5.11 Å². The van der Waals surface area contributed by atoms with Gasteiger partial charge in [0, 0.05) is 18.7 Å². The fourth-order valence-corrected chi connectivity index (χ4v) is 2.88. The summed E-state index contributed by atoms with van der Waals surface area (Å²) in [7, 11) is 0. The number of aryl methyl sites for hydroxylation is 2. The topological polar surface area (TPSA) is 38.0 Å². The third kappa shape index (κ3) is 3.18. The van der Waals surface area contributed by atoms with Crippen molar-refractivity contribution < 1.29 is 5.11 Å². The van der Waals surface area contributed by atoms with E-state index in [1.807, 2.05) is 10.7 Å². The first-order valence-electron chi connectivity index (χ1n) is 8.04. The Balaban J connectivity index is 1.77. The number of rotatable bonds is 6. The molecule has 1 fully saturated rings. The Hall–Kier alpha value is -1.61. The Morgan fingerprint density at radius 2 is 2.10 bits per heavy atom. The van der Waals surface area contributed by atoms with Gasteiger partial charge in [0.1, 0.15) is 0 Å². The summed E-state index contributed by atoms with van der Waals surface area (Å²) in [6.45, 7) is 5.06. The third-order valence-electron chi connectivity index (χ3n) is 4.32. The van der Waals surface area contributed by atoms with Crippen molar-refractivity contribution in [2.24, 2.45) is 0 Å². The minimum atomic E-state index is -0.449. The first-order chi connectivity index (χ1) is 10.2. The van der Waals surface area contributed by atoms with E-state index in [1.165, 1.54) is 18.4 Å². The summed E-state index contributed by atoms with van der Waals surface area (Å²) in [5, 5.41) is 15.1. The number of hydrogen-bond donors (Lipinski definition) is 1. The number of benzene rings is 1. The molecule has 21 heavy (non-hydrogen) atoms. The van der Waals surface area contributed by atoms with E-state index in [1.54, 1.807) is 0 Å². The monoisotopic (exact) mass is 284 g/mol. The Labute approximate surface area is 126 Å². The molecular formula is C18H24N2O. The highest BCUT2D eigenvalue weighted by molar-refractivity contribution is 5.31. The number of nitrogens with zero attached hydrogens (tertiary/aromatic N) is 2. The summed E-state index contributed by atoms with van der Waals surface area (Å²) in [6.07, 6.45) is 3.71. The normalized spacial score (nSPS) is 16.1. The summed E-state index contributed by atoms with van der Waals surface area (Å²) in [4.78, 5) is 0. The molecule has 1 heterocycles. The van der Waals surface area contributed by atoms with Crippen LogP contribution in [0.4, 0.5) is 0 Å². The molecular weight excluding hydrogens is 260 g/mol. The zero-order valence-corrected chi connectivity index (χ0v) is 12.9. The van der Waals surface area contributed by atoms with Gasteiger partial charge in [-0.05, 0) is 49.3 Å². The van der Waals surface area contributed by atoms with Crippen LogP contribution in [0, 0.1) is 0 Å². The minimum Gasteiger partial charge on any atom is -0.388 e. The average Bonchev–Trinajstić information content (AvgIpc) is 3.29. The van der Waals surface area contributed by atoms with Crippen molar-refractivity contribution in [3.05, 3.63) is 52.8 Å². The highest BCUT2D eigenvalue weighted by Gasteiger charge is 2.24. The van der Waals surface area contributed by atoms with E-state index >= 15 is 0 Å². The van der Waals surface area contributed by atoms with Crippen LogP contribution >= 0.6 is 0 Å². The van der Waals surface area contributed by atoms with Crippen LogP contribution in [0.1, 0.15) is 61.2 Å². The quantitative estimate of drug-likeness (QED) is 0.880. The number of aliphatic hydroxyl groups is 1. The molecule has 1 aromatic carbocycles. The summed E-state index contributed by atoms with van der Waals surface area (Å²) in [5.41, 5.74) is 4.63. The fraction of sp³-hybridized carbons (Fsp3) is 0.500. The van der Waals surface area contributed by atoms with Crippen LogP contribution < -0.4 is 0 Å². The van der Waals surface area contributed by atoms with Crippen LogP contribution in [0.3, 0.4) is 0 Å². The minimum absolute atomic E-state index is 0.449. The van der Waals surface area contributed by atoms with Gasteiger partial charge in [-0.1, -0.05) is 31.2 Å². The van der Waals surface area contributed by atoms with Crippen molar-refractivity contribution in [3.8, 4) is 0 Å². The van der Waals surface area contributed by atoms with Gasteiger partial charge >= 0.3 is 0 Å². The Kier molecular flexibility index (Phi) is 4.11. The summed E-state index contributed by atoms with van der Waals surface area (Å²) in [6, 6.07) is 10.6. The highest BCUT2D eigenvalue weighted by Crippen LogP contribution is 2.40. The zero-order chi connectivity index (χ0) is 14.8. The second kappa shape index (κ2) is 6.02. The van der Waals surface area contributed by atoms with Crippen molar-refractivity contribution in [2.75, 3.05) is 0 Å². The van der Waals surface area contributed by atoms with E-state index in [2.05, 4.69) is 43.2 Å². The Bertz CT molecular complexity index is 613. The van der Waals surface area contributed by atoms with Crippen LogP contribution in [0.5, 0.6) is 0 Å². The van der Waals surface area contributed by atoms with E-state index in [4.69, 9.17) is 0 Å². The average molecular weight is 284 g/mol. The smallest absolute Gasteiger partial charge is 0.0845 e. The first-order valence-corrected chi connectivity index (χ1v) is 8.04. The second-order valence-electron chi connectivity index (χ2n) is 5.96. The molecule has 3 heteroatoms. The van der Waals surface area contributed by atoms with Crippen molar-refractivity contribution in [1.29, 1.82) is 0 Å². The molecule has 1 atom stereocenters. The van der Waals surface area contributed by atoms with Gasteiger partial charge in [-0.2, -0.15) is 5.10 Å². The van der Waals surface area contributed by atoms with E-state index in [-0.39, 0.29) is 0 Å². The van der Waals surface area contributed by atoms with Gasteiger partial charge in [0.2, 0.25) is 0 Å². The van der Waals surface area contributed by atoms with Crippen LogP contribution in [0.25, 0.3) is 0 Å². The predicted molar refractivity (Wildman–Crippen MR) is 84.4 cm³/mol. The Morgan fingerprint density at radius 1 is 1.29 bits per heavy atom. The molecule has 1 aromatic heterocycles. The highest BCUT2D eigenvalue weighted by atomic mass is 16.3. The largest absolute Gasteiger partial charge is 0.388 e. The standard InChI is InChI=1S/C18H24N2O/c1-3-16-11-17(20(4-2)19-16)12-18(21)15-7-5-6-14(10-15)13-8-9-13/h5-7,10-11,13,18,21H,3-4,8-9,12H2,1-2H3. The lowest BCUT2D eigenvalue weighted by Crippen LogP contribution is -2.08. The summed E-state index contributed by atoms with van der Waals surface area (Å²) < 4.78 is 2.01. The molecule has 1 unspecified atom stereocenters. The van der Waals surface area contributed by atoms with Gasteiger partial charge in [-0.25, -0.2) is 0 Å². The molecule has 0 amide bonds. The molecule has 0 saturated heterocycles. The van der Waals surface area contributed by atoms with Crippen molar-refractivity contribution in [1.82, 2.24) is 9.78 Å². The molecule has 1 saturated carbocycles. The maximum Gasteiger partial charge on any atom is 0.0845 e. The molecule has 2 aromatic rings. The van der Waals surface area contributed by atoms with Gasteiger partial charge in [-0.3, -0.25) is 4.68 Å². The Morgan fingerprint density at radius 3 is 2.76 bits per heavy atom. The van der Waals surface area contributed by atoms with Crippen LogP contribution in [-0.2, 0) is 19.4 Å². The van der Waals surface area contributed by atoms with E-state index in [0.717, 1.165) is 35.8 Å². The molecule has 1 aliphatic rings. The number of hydrogen-bond acceptors (Lipinski definition) is 2. The maximum absolute atomic E-state index is 10.6. The molecule has 0 bridgehead atoms. The van der Waals surface area contributed by atoms with Gasteiger partial charge in [0.15, 0.2) is 0 Å². The van der Waals surface area contributed by atoms with Gasteiger partial charge in [0.05, 0.1) is 11.8 Å². The second-order valence-corrected chi connectivity index (χ2v) is 5.96. The van der Waals surface area contributed by atoms with Crippen molar-refractivity contribution >= 4 is 0 Å². The molecule has 1 N–H and O–H groups in total. The van der Waals surface area contributed by atoms with E-state index in [9.17, 15) is 5.11 Å². The molecule has 0 spiro atoms. The first kappa shape index (κ1) is 14.3. The SMILES string of the molecule is CCc1cc(CC(O)c2cccc(C3CC3)c2)n(CC)n1. The van der Waals surface area contributed by atoms with E-state index in [0.29, 0.717) is 6.42 Å². The number of aliphatic hydroxyl groups excluding tert-OH is 1. The van der Waals surface area contributed by atoms with Gasteiger partial charge in [0.25, 0.3) is 0 Å². The predicted octanol–water partition coefficient (Wildman–Crippen LogP) is 3.62. The zero-order valence-electron chi connectivity index (χ0n) is 12.9. The summed E-state index contributed by atoms with van der Waals surface area (Å²) in [5.74, 6) is 0.727. The van der Waals surface area contributed by atoms with E-state index < -0.39 is 6.10 Å². The maximum atomic E-state index is 10.6. The molecule has 3 nitrogen and oxygen atoms in total. The molecule has 0 aliphatic heterocycles.